The molecular formula is C7Cl2FNO3. The minimum Gasteiger partial charge on any atom is -0.384 e. The molecular weight excluding hydrogens is 236 g/mol. The zero-order chi connectivity index (χ0) is 10.5. The van der Waals surface area contributed by atoms with Gasteiger partial charge < -0.3 is 4.74 Å². The maximum absolute atomic E-state index is 12.9. The summed E-state index contributed by atoms with van der Waals surface area (Å²) >= 11 is 10.9. The summed E-state index contributed by atoms with van der Waals surface area (Å²) in [7, 11) is 0. The van der Waals surface area contributed by atoms with Gasteiger partial charge in [-0.15, -0.1) is 0 Å². The molecule has 1 aliphatic heterocycles. The fourth-order valence-electron chi connectivity index (χ4n) is 1.02. The smallest absolute Gasteiger partial charge is 0.365 e. The van der Waals surface area contributed by atoms with E-state index >= 15 is 0 Å². The lowest BCUT2D eigenvalue weighted by Crippen LogP contribution is -2.00. The van der Waals surface area contributed by atoms with Crippen LogP contribution in [-0.4, -0.2) is 16.9 Å². The summed E-state index contributed by atoms with van der Waals surface area (Å²) in [5.41, 5.74) is -0.732. The zero-order valence-corrected chi connectivity index (χ0v) is 7.82. The van der Waals surface area contributed by atoms with E-state index < -0.39 is 28.6 Å². The summed E-state index contributed by atoms with van der Waals surface area (Å²) in [5.74, 6) is -3.10. The Morgan fingerprint density at radius 3 is 2.43 bits per heavy atom. The van der Waals surface area contributed by atoms with Gasteiger partial charge in [-0.3, -0.25) is 0 Å². The van der Waals surface area contributed by atoms with Gasteiger partial charge in [0, 0.05) is 0 Å². The zero-order valence-electron chi connectivity index (χ0n) is 6.31. The molecule has 7 heteroatoms. The molecule has 1 aliphatic rings. The number of halogens is 3. The highest BCUT2D eigenvalue weighted by atomic mass is 35.5. The van der Waals surface area contributed by atoms with Crippen LogP contribution in [0.2, 0.25) is 10.0 Å². The Bertz CT molecular complexity index is 474. The normalized spacial score (nSPS) is 14.2. The molecule has 0 spiro atoms. The van der Waals surface area contributed by atoms with Gasteiger partial charge in [-0.2, -0.15) is 4.39 Å². The highest BCUT2D eigenvalue weighted by Crippen LogP contribution is 2.33. The van der Waals surface area contributed by atoms with Crippen LogP contribution in [-0.2, 0) is 4.74 Å². The van der Waals surface area contributed by atoms with Crippen molar-refractivity contribution in [2.24, 2.45) is 0 Å². The SMILES string of the molecule is O=C1OC(=O)c2c1nc(F)c(Cl)c2Cl. The summed E-state index contributed by atoms with van der Waals surface area (Å²) in [4.78, 5) is 25.1. The van der Waals surface area contributed by atoms with Crippen molar-refractivity contribution in [2.75, 3.05) is 0 Å². The molecule has 0 N–H and O–H groups in total. The number of hydrogen-bond donors (Lipinski definition) is 0. The first-order chi connectivity index (χ1) is 6.52. The van der Waals surface area contributed by atoms with E-state index in [1.807, 2.05) is 0 Å². The monoisotopic (exact) mass is 235 g/mol. The second kappa shape index (κ2) is 2.90. The first-order valence-corrected chi connectivity index (χ1v) is 4.09. The predicted octanol–water partition coefficient (Wildman–Crippen LogP) is 1.84. The molecule has 2 heterocycles. The summed E-state index contributed by atoms with van der Waals surface area (Å²) in [6.07, 6.45) is 0. The molecule has 2 rings (SSSR count). The van der Waals surface area contributed by atoms with Gasteiger partial charge in [0.1, 0.15) is 10.6 Å². The van der Waals surface area contributed by atoms with Crippen molar-refractivity contribution in [2.45, 2.75) is 0 Å². The second-order valence-electron chi connectivity index (χ2n) is 2.43. The molecule has 0 fully saturated rings. The van der Waals surface area contributed by atoms with Gasteiger partial charge in [0.2, 0.25) is 5.95 Å². The maximum atomic E-state index is 12.9. The summed E-state index contributed by atoms with van der Waals surface area (Å²) < 4.78 is 17.1. The van der Waals surface area contributed by atoms with Crippen LogP contribution in [0.3, 0.4) is 0 Å². The third kappa shape index (κ3) is 1.09. The molecule has 0 atom stereocenters. The van der Waals surface area contributed by atoms with Gasteiger partial charge in [-0.05, 0) is 0 Å². The van der Waals surface area contributed by atoms with E-state index in [1.54, 1.807) is 0 Å². The van der Waals surface area contributed by atoms with E-state index in [1.165, 1.54) is 0 Å². The third-order valence-corrected chi connectivity index (χ3v) is 2.44. The lowest BCUT2D eigenvalue weighted by Gasteiger charge is -1.99. The Labute approximate surface area is 86.6 Å². The van der Waals surface area contributed by atoms with Crippen molar-refractivity contribution >= 4 is 35.1 Å². The number of esters is 2. The Hall–Kier alpha value is -1.20. The molecule has 0 aliphatic carbocycles. The van der Waals surface area contributed by atoms with Crippen LogP contribution in [0.15, 0.2) is 0 Å². The van der Waals surface area contributed by atoms with Crippen molar-refractivity contribution in [1.82, 2.24) is 4.98 Å². The van der Waals surface area contributed by atoms with Crippen LogP contribution in [0.25, 0.3) is 0 Å². The van der Waals surface area contributed by atoms with Crippen molar-refractivity contribution in [1.29, 1.82) is 0 Å². The van der Waals surface area contributed by atoms with Gasteiger partial charge in [-0.1, -0.05) is 23.2 Å². The van der Waals surface area contributed by atoms with Gasteiger partial charge in [0.05, 0.1) is 5.02 Å². The van der Waals surface area contributed by atoms with Crippen LogP contribution in [0.4, 0.5) is 4.39 Å². The number of hydrogen-bond acceptors (Lipinski definition) is 4. The maximum Gasteiger partial charge on any atom is 0.365 e. The van der Waals surface area contributed by atoms with Gasteiger partial charge in [0.25, 0.3) is 0 Å². The third-order valence-electron chi connectivity index (χ3n) is 1.62. The Kier molecular flexibility index (Phi) is 1.94. The standard InChI is InChI=1S/C7Cl2FNO3/c8-2-1-4(7(13)14-6(1)12)11-5(10)3(2)9. The van der Waals surface area contributed by atoms with Crippen molar-refractivity contribution in [3.8, 4) is 0 Å². The highest BCUT2D eigenvalue weighted by molar-refractivity contribution is 6.44. The fraction of sp³-hybridized carbons (Fsp3) is 0. The molecule has 0 unspecified atom stereocenters. The van der Waals surface area contributed by atoms with Crippen LogP contribution in [0.5, 0.6) is 0 Å². The average molecular weight is 236 g/mol. The molecule has 0 aromatic carbocycles. The van der Waals surface area contributed by atoms with Crippen molar-refractivity contribution in [3.63, 3.8) is 0 Å². The first kappa shape index (κ1) is 9.36. The Balaban J connectivity index is 2.82. The molecule has 1 aromatic rings. The lowest BCUT2D eigenvalue weighted by atomic mass is 10.2. The number of nitrogens with zero attached hydrogens (tertiary/aromatic N) is 1. The molecule has 0 bridgehead atoms. The van der Waals surface area contributed by atoms with Crippen LogP contribution in [0, 0.1) is 5.95 Å². The molecule has 14 heavy (non-hydrogen) atoms. The molecule has 72 valence electrons. The molecule has 0 radical (unpaired) electrons. The molecule has 0 amide bonds. The largest absolute Gasteiger partial charge is 0.384 e. The number of ether oxygens (including phenoxy) is 1. The molecule has 0 saturated heterocycles. The second-order valence-corrected chi connectivity index (χ2v) is 3.19. The van der Waals surface area contributed by atoms with E-state index in [0.717, 1.165) is 0 Å². The molecule has 0 saturated carbocycles. The number of pyridine rings is 1. The van der Waals surface area contributed by atoms with Crippen LogP contribution in [0.1, 0.15) is 20.8 Å². The number of fused-ring (bicyclic) bond motifs is 1. The van der Waals surface area contributed by atoms with Gasteiger partial charge in [0.15, 0.2) is 5.69 Å². The number of carbonyl (C=O) groups is 2. The van der Waals surface area contributed by atoms with E-state index in [2.05, 4.69) is 9.72 Å². The van der Waals surface area contributed by atoms with Crippen LogP contribution < -0.4 is 0 Å². The lowest BCUT2D eigenvalue weighted by molar-refractivity contribution is 0.0441. The predicted molar refractivity (Wildman–Crippen MR) is 44.0 cm³/mol. The fourth-order valence-corrected chi connectivity index (χ4v) is 1.41. The number of aromatic nitrogens is 1. The Morgan fingerprint density at radius 1 is 1.14 bits per heavy atom. The first-order valence-electron chi connectivity index (χ1n) is 3.33. The summed E-state index contributed by atoms with van der Waals surface area (Å²) in [6.45, 7) is 0. The summed E-state index contributed by atoms with van der Waals surface area (Å²) in [6, 6.07) is 0. The topological polar surface area (TPSA) is 56.3 Å². The van der Waals surface area contributed by atoms with Crippen LogP contribution >= 0.6 is 23.2 Å². The number of rotatable bonds is 0. The van der Waals surface area contributed by atoms with Crippen molar-refractivity contribution < 1.29 is 18.7 Å². The number of carbonyl (C=O) groups excluding carboxylic acids is 2. The average Bonchev–Trinajstić information content (AvgIpc) is 2.38. The van der Waals surface area contributed by atoms with Gasteiger partial charge in [-0.25, -0.2) is 14.6 Å². The molecule has 1 aromatic heterocycles. The molecule has 4 nitrogen and oxygen atoms in total. The highest BCUT2D eigenvalue weighted by Gasteiger charge is 2.36. The number of cyclic esters (lactones) is 2. The van der Waals surface area contributed by atoms with E-state index in [9.17, 15) is 14.0 Å². The van der Waals surface area contributed by atoms with E-state index in [-0.39, 0.29) is 10.6 Å². The minimum atomic E-state index is -1.11. The van der Waals surface area contributed by atoms with Crippen molar-refractivity contribution in [3.05, 3.63) is 27.3 Å². The summed E-state index contributed by atoms with van der Waals surface area (Å²) in [5, 5.41) is -0.859. The van der Waals surface area contributed by atoms with Gasteiger partial charge >= 0.3 is 11.9 Å². The van der Waals surface area contributed by atoms with E-state index in [0.29, 0.717) is 0 Å². The Morgan fingerprint density at radius 2 is 1.79 bits per heavy atom. The quantitative estimate of drug-likeness (QED) is 0.391. The minimum absolute atomic E-state index is 0.289. The van der Waals surface area contributed by atoms with E-state index in [4.69, 9.17) is 23.2 Å².